The number of aromatic hydroxyl groups is 1. The minimum atomic E-state index is -0.208. The van der Waals surface area contributed by atoms with Crippen LogP contribution in [0.2, 0.25) is 0 Å². The monoisotopic (exact) mass is 343 g/mol. The van der Waals surface area contributed by atoms with E-state index in [1.165, 1.54) is 0 Å². The summed E-state index contributed by atoms with van der Waals surface area (Å²) in [5, 5.41) is 19.4. The van der Waals surface area contributed by atoms with Gasteiger partial charge in [-0.3, -0.25) is 4.90 Å². The van der Waals surface area contributed by atoms with Gasteiger partial charge in [-0.2, -0.15) is 0 Å². The van der Waals surface area contributed by atoms with Gasteiger partial charge in [-0.15, -0.1) is 0 Å². The predicted molar refractivity (Wildman–Crippen MR) is 82.0 cm³/mol. The van der Waals surface area contributed by atoms with Crippen LogP contribution in [0.3, 0.4) is 0 Å². The van der Waals surface area contributed by atoms with Crippen LogP contribution >= 0.6 is 15.9 Å². The standard InChI is InChI=1S/C15H22BrNO3/c1-10(18)12-3-5-17(6-4-12)9-11-7-13(16)15(19)14(8-11)20-2/h7-8,10,12,18-19H,3-6,9H2,1-2H3. The van der Waals surface area contributed by atoms with Crippen LogP contribution < -0.4 is 4.74 Å². The molecule has 0 saturated carbocycles. The molecule has 20 heavy (non-hydrogen) atoms. The first kappa shape index (κ1) is 15.6. The molecule has 1 aliphatic rings. The van der Waals surface area contributed by atoms with Gasteiger partial charge in [0.15, 0.2) is 11.5 Å². The zero-order chi connectivity index (χ0) is 14.7. The molecule has 1 aromatic rings. The summed E-state index contributed by atoms with van der Waals surface area (Å²) in [6.45, 7) is 4.71. The highest BCUT2D eigenvalue weighted by atomic mass is 79.9. The zero-order valence-corrected chi connectivity index (χ0v) is 13.6. The van der Waals surface area contributed by atoms with Gasteiger partial charge in [0, 0.05) is 6.54 Å². The molecule has 1 atom stereocenters. The Labute approximate surface area is 128 Å². The van der Waals surface area contributed by atoms with Crippen molar-refractivity contribution in [1.29, 1.82) is 0 Å². The average molecular weight is 344 g/mol. The number of ether oxygens (including phenoxy) is 1. The highest BCUT2D eigenvalue weighted by Gasteiger charge is 2.22. The fourth-order valence-electron chi connectivity index (χ4n) is 2.73. The summed E-state index contributed by atoms with van der Waals surface area (Å²) in [6, 6.07) is 3.81. The van der Waals surface area contributed by atoms with Crippen molar-refractivity contribution >= 4 is 15.9 Å². The minimum Gasteiger partial charge on any atom is -0.503 e. The maximum absolute atomic E-state index is 9.81. The van der Waals surface area contributed by atoms with Crippen LogP contribution in [-0.4, -0.2) is 41.4 Å². The summed E-state index contributed by atoms with van der Waals surface area (Å²) in [5.74, 6) is 1.06. The molecule has 4 nitrogen and oxygen atoms in total. The number of methoxy groups -OCH3 is 1. The summed E-state index contributed by atoms with van der Waals surface area (Å²) in [4.78, 5) is 2.37. The molecule has 0 spiro atoms. The lowest BCUT2D eigenvalue weighted by molar-refractivity contribution is 0.0695. The quantitative estimate of drug-likeness (QED) is 0.882. The van der Waals surface area contributed by atoms with E-state index in [9.17, 15) is 10.2 Å². The Morgan fingerprint density at radius 3 is 2.60 bits per heavy atom. The highest BCUT2D eigenvalue weighted by molar-refractivity contribution is 9.10. The first-order chi connectivity index (χ1) is 9.51. The first-order valence-electron chi connectivity index (χ1n) is 6.97. The molecular formula is C15H22BrNO3. The van der Waals surface area contributed by atoms with Crippen molar-refractivity contribution in [3.05, 3.63) is 22.2 Å². The van der Waals surface area contributed by atoms with E-state index in [-0.39, 0.29) is 11.9 Å². The topological polar surface area (TPSA) is 52.9 Å². The van der Waals surface area contributed by atoms with Gasteiger partial charge in [0.05, 0.1) is 17.7 Å². The fraction of sp³-hybridized carbons (Fsp3) is 0.600. The lowest BCUT2D eigenvalue weighted by atomic mass is 9.92. The molecule has 0 radical (unpaired) electrons. The third-order valence-corrected chi connectivity index (χ3v) is 4.63. The number of hydrogen-bond donors (Lipinski definition) is 2. The summed E-state index contributed by atoms with van der Waals surface area (Å²) >= 11 is 3.35. The third kappa shape index (κ3) is 3.65. The second-order valence-electron chi connectivity index (χ2n) is 5.48. The van der Waals surface area contributed by atoms with E-state index in [1.807, 2.05) is 19.1 Å². The van der Waals surface area contributed by atoms with Gasteiger partial charge in [0.2, 0.25) is 0 Å². The van der Waals surface area contributed by atoms with Gasteiger partial charge in [0.25, 0.3) is 0 Å². The van der Waals surface area contributed by atoms with Crippen molar-refractivity contribution in [3.63, 3.8) is 0 Å². The van der Waals surface area contributed by atoms with Crippen LogP contribution in [0.4, 0.5) is 0 Å². The second-order valence-corrected chi connectivity index (χ2v) is 6.34. The lowest BCUT2D eigenvalue weighted by Gasteiger charge is -2.33. The van der Waals surface area contributed by atoms with E-state index in [0.717, 1.165) is 38.0 Å². The third-order valence-electron chi connectivity index (χ3n) is 4.03. The maximum Gasteiger partial charge on any atom is 0.172 e. The SMILES string of the molecule is COc1cc(CN2CCC(C(C)O)CC2)cc(Br)c1O. The van der Waals surface area contributed by atoms with Gasteiger partial charge in [-0.1, -0.05) is 0 Å². The summed E-state index contributed by atoms with van der Waals surface area (Å²) in [5.41, 5.74) is 1.11. The Kier molecular flexibility index (Phi) is 5.29. The van der Waals surface area contributed by atoms with E-state index < -0.39 is 0 Å². The molecule has 1 aromatic carbocycles. The van der Waals surface area contributed by atoms with E-state index in [1.54, 1.807) is 7.11 Å². The minimum absolute atomic E-state index is 0.143. The van der Waals surface area contributed by atoms with Gasteiger partial charge in [-0.05, 0) is 72.4 Å². The van der Waals surface area contributed by atoms with E-state index in [4.69, 9.17) is 4.74 Å². The van der Waals surface area contributed by atoms with Crippen molar-refractivity contribution in [2.45, 2.75) is 32.4 Å². The number of aliphatic hydroxyl groups excluding tert-OH is 1. The molecule has 0 aliphatic carbocycles. The largest absolute Gasteiger partial charge is 0.503 e. The van der Waals surface area contributed by atoms with E-state index in [2.05, 4.69) is 20.8 Å². The van der Waals surface area contributed by atoms with Gasteiger partial charge >= 0.3 is 0 Å². The van der Waals surface area contributed by atoms with Crippen LogP contribution in [0.5, 0.6) is 11.5 Å². The van der Waals surface area contributed by atoms with Crippen LogP contribution in [0.15, 0.2) is 16.6 Å². The predicted octanol–water partition coefficient (Wildman–Crippen LogP) is 2.76. The molecular weight excluding hydrogens is 322 g/mol. The smallest absolute Gasteiger partial charge is 0.172 e. The van der Waals surface area contributed by atoms with Gasteiger partial charge < -0.3 is 14.9 Å². The summed E-state index contributed by atoms with van der Waals surface area (Å²) < 4.78 is 5.83. The number of phenols is 1. The summed E-state index contributed by atoms with van der Waals surface area (Å²) in [7, 11) is 1.55. The summed E-state index contributed by atoms with van der Waals surface area (Å²) in [6.07, 6.45) is 1.86. The lowest BCUT2D eigenvalue weighted by Crippen LogP contribution is -2.36. The number of likely N-dealkylation sites (tertiary alicyclic amines) is 1. The molecule has 0 amide bonds. The average Bonchev–Trinajstić information content (AvgIpc) is 2.43. The van der Waals surface area contributed by atoms with E-state index >= 15 is 0 Å². The van der Waals surface area contributed by atoms with Crippen LogP contribution in [-0.2, 0) is 6.54 Å². The second kappa shape index (κ2) is 6.78. The van der Waals surface area contributed by atoms with Crippen molar-refractivity contribution < 1.29 is 14.9 Å². The molecule has 112 valence electrons. The van der Waals surface area contributed by atoms with Crippen LogP contribution in [0.1, 0.15) is 25.3 Å². The molecule has 2 N–H and O–H groups in total. The molecule has 0 bridgehead atoms. The molecule has 1 heterocycles. The molecule has 1 fully saturated rings. The molecule has 5 heteroatoms. The molecule has 1 unspecified atom stereocenters. The van der Waals surface area contributed by atoms with Gasteiger partial charge in [0.1, 0.15) is 0 Å². The van der Waals surface area contributed by atoms with Crippen molar-refractivity contribution in [2.75, 3.05) is 20.2 Å². The van der Waals surface area contributed by atoms with Crippen LogP contribution in [0, 0.1) is 5.92 Å². The zero-order valence-electron chi connectivity index (χ0n) is 12.0. The van der Waals surface area contributed by atoms with Crippen molar-refractivity contribution in [1.82, 2.24) is 4.90 Å². The first-order valence-corrected chi connectivity index (χ1v) is 7.76. The Morgan fingerprint density at radius 2 is 2.05 bits per heavy atom. The number of piperidine rings is 1. The number of aliphatic hydroxyl groups is 1. The fourth-order valence-corrected chi connectivity index (χ4v) is 3.22. The molecule has 0 aromatic heterocycles. The maximum atomic E-state index is 9.81. The van der Waals surface area contributed by atoms with Crippen molar-refractivity contribution in [2.24, 2.45) is 5.92 Å². The molecule has 1 saturated heterocycles. The Bertz CT molecular complexity index is 457. The molecule has 1 aliphatic heterocycles. The number of rotatable bonds is 4. The normalized spacial score (nSPS) is 19.0. The van der Waals surface area contributed by atoms with E-state index in [0.29, 0.717) is 16.1 Å². The number of nitrogens with zero attached hydrogens (tertiary/aromatic N) is 1. The molecule has 2 rings (SSSR count). The van der Waals surface area contributed by atoms with Crippen molar-refractivity contribution in [3.8, 4) is 11.5 Å². The van der Waals surface area contributed by atoms with Gasteiger partial charge in [-0.25, -0.2) is 0 Å². The number of benzene rings is 1. The Morgan fingerprint density at radius 1 is 1.40 bits per heavy atom. The highest BCUT2D eigenvalue weighted by Crippen LogP contribution is 2.35. The number of hydrogen-bond acceptors (Lipinski definition) is 4. The number of halogens is 1. The Balaban J connectivity index is 1.99. The Hall–Kier alpha value is -0.780. The number of phenolic OH excluding ortho intramolecular Hbond substituents is 1. The van der Waals surface area contributed by atoms with Crippen LogP contribution in [0.25, 0.3) is 0 Å².